The van der Waals surface area contributed by atoms with Gasteiger partial charge in [0.2, 0.25) is 5.75 Å². The van der Waals surface area contributed by atoms with Crippen LogP contribution >= 0.6 is 11.6 Å². The van der Waals surface area contributed by atoms with E-state index in [1.807, 2.05) is 0 Å². The Hall–Kier alpha value is -1.68. The first-order chi connectivity index (χ1) is 8.20. The maximum Gasteiger partial charge on any atom is 0.378 e. The van der Waals surface area contributed by atoms with Crippen molar-refractivity contribution in [2.24, 2.45) is 0 Å². The summed E-state index contributed by atoms with van der Waals surface area (Å²) in [6.07, 6.45) is 0.749. The number of rotatable bonds is 4. The second-order valence-electron chi connectivity index (χ2n) is 3.51. The summed E-state index contributed by atoms with van der Waals surface area (Å²) in [5, 5.41) is 9.85. The highest BCUT2D eigenvalue weighted by Gasteiger charge is 2.04. The number of alkyl halides is 1. The van der Waals surface area contributed by atoms with Gasteiger partial charge in [0.05, 0.1) is 6.61 Å². The van der Waals surface area contributed by atoms with Crippen molar-refractivity contribution in [3.63, 3.8) is 0 Å². The zero-order valence-corrected chi connectivity index (χ0v) is 9.74. The molecule has 1 aromatic carbocycles. The molecule has 0 bridgehead atoms. The second kappa shape index (κ2) is 5.10. The van der Waals surface area contributed by atoms with E-state index in [1.54, 1.807) is 18.2 Å². The molecule has 1 N–H and O–H groups in total. The smallest absolute Gasteiger partial charge is 0.378 e. The van der Waals surface area contributed by atoms with Gasteiger partial charge in [-0.2, -0.15) is 0 Å². The van der Waals surface area contributed by atoms with Crippen molar-refractivity contribution in [2.75, 3.05) is 12.5 Å². The first kappa shape index (κ1) is 11.8. The van der Waals surface area contributed by atoms with Gasteiger partial charge in [0.25, 0.3) is 0 Å². The van der Waals surface area contributed by atoms with E-state index in [0.29, 0.717) is 29.2 Å². The van der Waals surface area contributed by atoms with E-state index in [4.69, 9.17) is 20.8 Å². The van der Waals surface area contributed by atoms with Crippen LogP contribution in [0.1, 0.15) is 6.42 Å². The minimum Gasteiger partial charge on any atom is -0.502 e. The lowest BCUT2D eigenvalue weighted by molar-refractivity contribution is 0.318. The molecule has 0 aliphatic rings. The van der Waals surface area contributed by atoms with Crippen LogP contribution in [-0.2, 0) is 0 Å². The van der Waals surface area contributed by atoms with E-state index < -0.39 is 11.4 Å². The molecule has 4 nitrogen and oxygen atoms in total. The minimum absolute atomic E-state index is 0.385. The maximum absolute atomic E-state index is 11.1. The zero-order chi connectivity index (χ0) is 12.3. The van der Waals surface area contributed by atoms with E-state index in [2.05, 4.69) is 0 Å². The molecule has 0 saturated heterocycles. The predicted octanol–water partition coefficient (Wildman–Crippen LogP) is 2.51. The van der Waals surface area contributed by atoms with Gasteiger partial charge in [0.15, 0.2) is 0 Å². The summed E-state index contributed by atoms with van der Waals surface area (Å²) in [6, 6.07) is 6.44. The fourth-order valence-corrected chi connectivity index (χ4v) is 1.52. The standard InChI is InChI=1S/C12H11ClO4/c13-4-1-5-16-9-3-2-8-6-10(14)12(15)17-11(8)7-9/h2-3,6-7,14H,1,4-5H2. The van der Waals surface area contributed by atoms with Crippen LogP contribution in [0, 0.1) is 0 Å². The molecule has 0 aliphatic carbocycles. The number of aromatic hydroxyl groups is 1. The first-order valence-electron chi connectivity index (χ1n) is 5.16. The molecule has 2 aromatic rings. The summed E-state index contributed by atoms with van der Waals surface area (Å²) in [4.78, 5) is 11.1. The number of halogens is 1. The highest BCUT2D eigenvalue weighted by atomic mass is 35.5. The molecule has 5 heteroatoms. The summed E-state index contributed by atoms with van der Waals surface area (Å²) in [5.74, 6) is 0.751. The Morgan fingerprint density at radius 3 is 2.94 bits per heavy atom. The molecule has 90 valence electrons. The van der Waals surface area contributed by atoms with Crippen LogP contribution in [0.5, 0.6) is 11.5 Å². The molecule has 0 unspecified atom stereocenters. The lowest BCUT2D eigenvalue weighted by atomic mass is 10.2. The number of benzene rings is 1. The molecule has 0 aliphatic heterocycles. The van der Waals surface area contributed by atoms with E-state index in [9.17, 15) is 9.90 Å². The topological polar surface area (TPSA) is 59.7 Å². The van der Waals surface area contributed by atoms with Crippen molar-refractivity contribution in [1.29, 1.82) is 0 Å². The lowest BCUT2D eigenvalue weighted by Crippen LogP contribution is -1.99. The Kier molecular flexibility index (Phi) is 3.54. The third-order valence-corrected chi connectivity index (χ3v) is 2.50. The number of fused-ring (bicyclic) bond motifs is 1. The predicted molar refractivity (Wildman–Crippen MR) is 65.0 cm³/mol. The Bertz CT molecular complexity index is 576. The fourth-order valence-electron chi connectivity index (χ4n) is 1.42. The molecule has 17 heavy (non-hydrogen) atoms. The molecule has 0 amide bonds. The van der Waals surface area contributed by atoms with Crippen LogP contribution in [0.3, 0.4) is 0 Å². The zero-order valence-electron chi connectivity index (χ0n) is 8.98. The third-order valence-electron chi connectivity index (χ3n) is 2.24. The quantitative estimate of drug-likeness (QED) is 0.517. The van der Waals surface area contributed by atoms with Crippen molar-refractivity contribution in [3.05, 3.63) is 34.7 Å². The molecular weight excluding hydrogens is 244 g/mol. The number of hydrogen-bond donors (Lipinski definition) is 1. The average molecular weight is 255 g/mol. The van der Waals surface area contributed by atoms with Gasteiger partial charge >= 0.3 is 5.63 Å². The normalized spacial score (nSPS) is 10.6. The van der Waals surface area contributed by atoms with Crippen molar-refractivity contribution in [3.8, 4) is 11.5 Å². The highest BCUT2D eigenvalue weighted by Crippen LogP contribution is 2.22. The van der Waals surface area contributed by atoms with Crippen LogP contribution in [0.4, 0.5) is 0 Å². The van der Waals surface area contributed by atoms with Gasteiger partial charge < -0.3 is 14.3 Å². The van der Waals surface area contributed by atoms with Crippen molar-refractivity contribution >= 4 is 22.6 Å². The summed E-state index contributed by atoms with van der Waals surface area (Å²) in [6.45, 7) is 0.511. The Balaban J connectivity index is 2.30. The van der Waals surface area contributed by atoms with Gasteiger partial charge in [-0.1, -0.05) is 0 Å². The van der Waals surface area contributed by atoms with Gasteiger partial charge in [0.1, 0.15) is 11.3 Å². The average Bonchev–Trinajstić information content (AvgIpc) is 2.31. The largest absolute Gasteiger partial charge is 0.502 e. The summed E-state index contributed by atoms with van der Waals surface area (Å²) in [7, 11) is 0. The van der Waals surface area contributed by atoms with Crippen LogP contribution in [-0.4, -0.2) is 17.6 Å². The molecule has 0 radical (unpaired) electrons. The molecule has 2 rings (SSSR count). The van der Waals surface area contributed by atoms with Crippen molar-refractivity contribution in [1.82, 2.24) is 0 Å². The Morgan fingerprint density at radius 1 is 1.35 bits per heavy atom. The summed E-state index contributed by atoms with van der Waals surface area (Å²) >= 11 is 5.53. The van der Waals surface area contributed by atoms with Crippen LogP contribution < -0.4 is 10.4 Å². The SMILES string of the molecule is O=c1oc2cc(OCCCCl)ccc2cc1O. The van der Waals surface area contributed by atoms with E-state index in [1.165, 1.54) is 6.07 Å². The minimum atomic E-state index is -0.754. The van der Waals surface area contributed by atoms with Gasteiger partial charge in [0, 0.05) is 17.3 Å². The summed E-state index contributed by atoms with van der Waals surface area (Å²) in [5.41, 5.74) is -0.369. The fraction of sp³-hybridized carbons (Fsp3) is 0.250. The third kappa shape index (κ3) is 2.71. The molecule has 0 saturated carbocycles. The van der Waals surface area contributed by atoms with Crippen molar-refractivity contribution in [2.45, 2.75) is 6.42 Å². The summed E-state index contributed by atoms with van der Waals surface area (Å²) < 4.78 is 10.3. The Morgan fingerprint density at radius 2 is 2.18 bits per heavy atom. The lowest BCUT2D eigenvalue weighted by Gasteiger charge is -2.05. The van der Waals surface area contributed by atoms with Gasteiger partial charge in [-0.05, 0) is 24.6 Å². The number of ether oxygens (including phenoxy) is 1. The van der Waals surface area contributed by atoms with Gasteiger partial charge in [-0.3, -0.25) is 0 Å². The molecule has 0 atom stereocenters. The molecule has 1 heterocycles. The molecular formula is C12H11ClO4. The van der Waals surface area contributed by atoms with Gasteiger partial charge in [-0.25, -0.2) is 4.79 Å². The molecule has 1 aromatic heterocycles. The molecule has 0 fully saturated rings. The maximum atomic E-state index is 11.1. The highest BCUT2D eigenvalue weighted by molar-refractivity contribution is 6.17. The molecule has 0 spiro atoms. The first-order valence-corrected chi connectivity index (χ1v) is 5.70. The Labute approximate surface area is 102 Å². The van der Waals surface area contributed by atoms with Crippen molar-refractivity contribution < 1.29 is 14.3 Å². The monoisotopic (exact) mass is 254 g/mol. The number of hydrogen-bond acceptors (Lipinski definition) is 4. The van der Waals surface area contributed by atoms with Crippen LogP contribution in [0.25, 0.3) is 11.0 Å². The van der Waals surface area contributed by atoms with Gasteiger partial charge in [-0.15, -0.1) is 11.6 Å². The second-order valence-corrected chi connectivity index (χ2v) is 3.89. The van der Waals surface area contributed by atoms with E-state index in [-0.39, 0.29) is 0 Å². The van der Waals surface area contributed by atoms with E-state index in [0.717, 1.165) is 6.42 Å². The van der Waals surface area contributed by atoms with E-state index >= 15 is 0 Å². The van der Waals surface area contributed by atoms with Crippen LogP contribution in [0.2, 0.25) is 0 Å². The van der Waals surface area contributed by atoms with Crippen LogP contribution in [0.15, 0.2) is 33.5 Å².